The van der Waals surface area contributed by atoms with Gasteiger partial charge in [-0.15, -0.1) is 0 Å². The number of hydrogen-bond acceptors (Lipinski definition) is 8. The second-order valence-corrected chi connectivity index (χ2v) is 10.3. The van der Waals surface area contributed by atoms with Gasteiger partial charge in [-0.3, -0.25) is 9.69 Å². The maximum absolute atomic E-state index is 15.1. The van der Waals surface area contributed by atoms with E-state index >= 15 is 4.39 Å². The lowest BCUT2D eigenvalue weighted by molar-refractivity contribution is -0.392. The number of aromatic nitrogens is 3. The van der Waals surface area contributed by atoms with Crippen molar-refractivity contribution in [2.75, 3.05) is 37.6 Å². The minimum absolute atomic E-state index is 0.0120. The van der Waals surface area contributed by atoms with Gasteiger partial charge in [-0.25, -0.2) is 18.7 Å². The Bertz CT molecular complexity index is 1450. The van der Waals surface area contributed by atoms with Gasteiger partial charge in [-0.2, -0.15) is 0 Å². The molecule has 0 saturated carbocycles. The van der Waals surface area contributed by atoms with Crippen LogP contribution in [0.3, 0.4) is 0 Å². The van der Waals surface area contributed by atoms with E-state index in [-0.39, 0.29) is 22.1 Å². The fraction of sp³-hybridized carbons (Fsp3) is 0.435. The van der Waals surface area contributed by atoms with E-state index in [9.17, 15) is 24.8 Å². The first-order valence-electron chi connectivity index (χ1n) is 11.6. The molecule has 0 amide bonds. The molecule has 2 aliphatic heterocycles. The number of anilines is 1. The van der Waals surface area contributed by atoms with Gasteiger partial charge in [0.05, 0.1) is 28.1 Å². The van der Waals surface area contributed by atoms with Crippen molar-refractivity contribution in [1.82, 2.24) is 19.0 Å². The van der Waals surface area contributed by atoms with Gasteiger partial charge in [0.15, 0.2) is 5.82 Å². The number of imidazole rings is 1. The highest BCUT2D eigenvalue weighted by molar-refractivity contribution is 8.00. The van der Waals surface area contributed by atoms with E-state index in [1.807, 2.05) is 11.8 Å². The first-order chi connectivity index (χ1) is 17.2. The number of nitrogens with zero attached hydrogens (tertiary/aromatic N) is 6. The zero-order chi connectivity index (χ0) is 25.7. The third-order valence-corrected chi connectivity index (χ3v) is 8.05. The maximum atomic E-state index is 15.1. The topological polar surface area (TPSA) is 127 Å². The second kappa shape index (κ2) is 9.21. The Morgan fingerprint density at radius 2 is 2.00 bits per heavy atom. The lowest BCUT2D eigenvalue weighted by Gasteiger charge is -2.37. The number of fused-ring (bicyclic) bond motifs is 3. The molecular weight excluding hydrogens is 491 g/mol. The Labute approximate surface area is 209 Å². The number of hydrogen-bond donors (Lipinski definition) is 1. The minimum Gasteiger partial charge on any atom is -0.477 e. The number of pyridine rings is 1. The number of halogens is 1. The first kappa shape index (κ1) is 24.3. The van der Waals surface area contributed by atoms with Gasteiger partial charge in [0, 0.05) is 45.0 Å². The molecule has 0 bridgehead atoms. The minimum atomic E-state index is -1.30. The van der Waals surface area contributed by atoms with Crippen LogP contribution in [0.2, 0.25) is 0 Å². The molecule has 36 heavy (non-hydrogen) atoms. The maximum Gasteiger partial charge on any atom is 0.342 e. The molecule has 4 heterocycles. The van der Waals surface area contributed by atoms with E-state index in [2.05, 4.69) is 9.88 Å². The molecule has 1 aromatic carbocycles. The Morgan fingerprint density at radius 3 is 2.64 bits per heavy atom. The molecule has 1 fully saturated rings. The van der Waals surface area contributed by atoms with Crippen LogP contribution in [0.5, 0.6) is 0 Å². The van der Waals surface area contributed by atoms with Crippen molar-refractivity contribution >= 4 is 40.1 Å². The number of carbonyl (C=O) groups is 1. The summed E-state index contributed by atoms with van der Waals surface area (Å²) in [6, 6.07) is 2.82. The molecule has 3 aromatic rings. The average molecular weight is 517 g/mol. The molecule has 0 radical (unpaired) electrons. The highest BCUT2D eigenvalue weighted by Gasteiger charge is 2.33. The zero-order valence-corrected chi connectivity index (χ0v) is 20.6. The Morgan fingerprint density at radius 1 is 1.28 bits per heavy atom. The van der Waals surface area contributed by atoms with Gasteiger partial charge in [0.25, 0.3) is 0 Å². The fourth-order valence-corrected chi connectivity index (χ4v) is 6.16. The fourth-order valence-electron chi connectivity index (χ4n) is 5.01. The molecule has 190 valence electrons. The van der Waals surface area contributed by atoms with Crippen LogP contribution < -0.4 is 10.3 Å². The van der Waals surface area contributed by atoms with E-state index < -0.39 is 22.1 Å². The van der Waals surface area contributed by atoms with E-state index in [4.69, 9.17) is 0 Å². The summed E-state index contributed by atoms with van der Waals surface area (Å²) in [5.41, 5.74) is -0.0233. The van der Waals surface area contributed by atoms with Crippen LogP contribution >= 0.6 is 11.8 Å². The molecule has 11 nitrogen and oxygen atoms in total. The van der Waals surface area contributed by atoms with Crippen LogP contribution in [0.1, 0.15) is 34.9 Å². The number of rotatable bonds is 7. The number of carboxylic acids is 1. The molecular formula is C23H25FN6O5S. The van der Waals surface area contributed by atoms with Gasteiger partial charge >= 0.3 is 11.8 Å². The van der Waals surface area contributed by atoms with Crippen molar-refractivity contribution in [2.24, 2.45) is 0 Å². The van der Waals surface area contributed by atoms with Gasteiger partial charge in [0.2, 0.25) is 5.43 Å². The molecule has 5 rings (SSSR count). The molecule has 1 saturated heterocycles. The van der Waals surface area contributed by atoms with Gasteiger partial charge in [0.1, 0.15) is 17.6 Å². The lowest BCUT2D eigenvalue weighted by Crippen LogP contribution is -2.47. The van der Waals surface area contributed by atoms with Gasteiger partial charge < -0.3 is 24.7 Å². The summed E-state index contributed by atoms with van der Waals surface area (Å²) in [5.74, 6) is -1.26. The summed E-state index contributed by atoms with van der Waals surface area (Å²) < 4.78 is 18.5. The highest BCUT2D eigenvalue weighted by atomic mass is 32.2. The average Bonchev–Trinajstić information content (AvgIpc) is 3.20. The third kappa shape index (κ3) is 4.01. The van der Waals surface area contributed by atoms with Crippen LogP contribution in [0.25, 0.3) is 10.9 Å². The van der Waals surface area contributed by atoms with Crippen LogP contribution in [-0.4, -0.2) is 67.7 Å². The molecule has 1 unspecified atom stereocenters. The molecule has 13 heteroatoms. The smallest absolute Gasteiger partial charge is 0.342 e. The van der Waals surface area contributed by atoms with Gasteiger partial charge in [-0.1, -0.05) is 11.8 Å². The summed E-state index contributed by atoms with van der Waals surface area (Å²) in [5, 5.41) is 21.1. The Hall–Kier alpha value is -3.45. The number of aryl methyl sites for hydroxylation is 1. The predicted octanol–water partition coefficient (Wildman–Crippen LogP) is 3.09. The van der Waals surface area contributed by atoms with Crippen molar-refractivity contribution in [3.63, 3.8) is 0 Å². The number of piperazine rings is 1. The molecule has 2 aliphatic rings. The van der Waals surface area contributed by atoms with E-state index in [0.717, 1.165) is 19.0 Å². The Kier molecular flexibility index (Phi) is 6.20. The third-order valence-electron chi connectivity index (χ3n) is 6.88. The van der Waals surface area contributed by atoms with E-state index in [1.54, 1.807) is 22.1 Å². The predicted molar refractivity (Wildman–Crippen MR) is 133 cm³/mol. The van der Waals surface area contributed by atoms with E-state index in [1.165, 1.54) is 18.0 Å². The Balaban J connectivity index is 1.29. The first-order valence-corrected chi connectivity index (χ1v) is 12.5. The van der Waals surface area contributed by atoms with Crippen LogP contribution in [0.4, 0.5) is 15.9 Å². The number of carboxylic acid groups (broad SMARTS) is 1. The van der Waals surface area contributed by atoms with Crippen molar-refractivity contribution in [2.45, 2.75) is 37.2 Å². The molecule has 1 N–H and O–H groups in total. The van der Waals surface area contributed by atoms with Crippen LogP contribution in [0.15, 0.2) is 28.2 Å². The SMILES string of the molecule is Cc1ncc([N+](=O)[O-])n1CCCN1CCN(c2cc3c(cc2F)c(=O)c(C(=O)O)c2n3C(C)S2)CC1. The number of nitro groups is 1. The lowest BCUT2D eigenvalue weighted by atomic mass is 10.1. The zero-order valence-electron chi connectivity index (χ0n) is 19.8. The highest BCUT2D eigenvalue weighted by Crippen LogP contribution is 2.46. The molecule has 0 aliphatic carbocycles. The van der Waals surface area contributed by atoms with Crippen LogP contribution in [-0.2, 0) is 6.54 Å². The van der Waals surface area contributed by atoms with E-state index in [0.29, 0.717) is 54.8 Å². The van der Waals surface area contributed by atoms with Crippen LogP contribution in [0, 0.1) is 22.9 Å². The molecule has 0 spiro atoms. The number of benzene rings is 1. The molecule has 1 atom stereocenters. The summed E-state index contributed by atoms with van der Waals surface area (Å²) in [4.78, 5) is 43.4. The molecule has 2 aromatic heterocycles. The monoisotopic (exact) mass is 516 g/mol. The quantitative estimate of drug-likeness (QED) is 0.372. The summed E-state index contributed by atoms with van der Waals surface area (Å²) >= 11 is 1.32. The summed E-state index contributed by atoms with van der Waals surface area (Å²) in [6.07, 6.45) is 1.99. The normalized spacial score (nSPS) is 17.8. The van der Waals surface area contributed by atoms with Crippen molar-refractivity contribution in [3.8, 4) is 0 Å². The van der Waals surface area contributed by atoms with Gasteiger partial charge in [-0.05, 0) is 30.4 Å². The summed E-state index contributed by atoms with van der Waals surface area (Å²) in [7, 11) is 0. The second-order valence-electron chi connectivity index (χ2n) is 8.98. The largest absolute Gasteiger partial charge is 0.477 e. The van der Waals surface area contributed by atoms with Crippen molar-refractivity contribution < 1.29 is 19.2 Å². The van der Waals surface area contributed by atoms with Crippen molar-refractivity contribution in [3.05, 3.63) is 55.9 Å². The standard InChI is InChI=1S/C23H25FN6O5S/c1-13-25-12-19(30(34)35)28(13)5-3-4-26-6-8-27(9-7-26)18-11-17-15(10-16(18)24)21(31)20(23(32)33)22-29(17)14(2)36-22/h10-12,14H,3-9H2,1-2H3,(H,32,33). The van der Waals surface area contributed by atoms with Crippen molar-refractivity contribution in [1.29, 1.82) is 0 Å². The summed E-state index contributed by atoms with van der Waals surface area (Å²) in [6.45, 7) is 7.47. The number of aromatic carboxylic acids is 1. The number of thioether (sulfide) groups is 1.